The van der Waals surface area contributed by atoms with Gasteiger partial charge in [0.25, 0.3) is 0 Å². The Kier molecular flexibility index (Phi) is 5.95. The molecule has 0 saturated carbocycles. The van der Waals surface area contributed by atoms with E-state index in [1.54, 1.807) is 0 Å². The highest BCUT2D eigenvalue weighted by Crippen LogP contribution is 2.21. The Hall–Kier alpha value is -2.31. The van der Waals surface area contributed by atoms with Crippen LogP contribution in [-0.2, 0) is 9.53 Å². The summed E-state index contributed by atoms with van der Waals surface area (Å²) in [7, 11) is 2.64. The Morgan fingerprint density at radius 1 is 1.38 bits per heavy atom. The van der Waals surface area contributed by atoms with Gasteiger partial charge in [0.2, 0.25) is 5.88 Å². The van der Waals surface area contributed by atoms with Crippen molar-refractivity contribution in [1.29, 1.82) is 0 Å². The molecule has 0 aliphatic carbocycles. The van der Waals surface area contributed by atoms with E-state index >= 15 is 0 Å². The highest BCUT2D eigenvalue weighted by Gasteiger charge is 2.24. The lowest BCUT2D eigenvalue weighted by Gasteiger charge is -2.21. The molecule has 1 aromatic heterocycles. The summed E-state index contributed by atoms with van der Waals surface area (Å²) in [5.41, 5.74) is 0.181. The van der Waals surface area contributed by atoms with Crippen molar-refractivity contribution < 1.29 is 24.2 Å². The van der Waals surface area contributed by atoms with E-state index < -0.39 is 18.0 Å². The molecule has 0 aliphatic heterocycles. The first-order chi connectivity index (χ1) is 9.94. The highest BCUT2D eigenvalue weighted by atomic mass is 16.5. The lowest BCUT2D eigenvalue weighted by Crippen LogP contribution is -2.35. The van der Waals surface area contributed by atoms with Gasteiger partial charge in [-0.2, -0.15) is 4.98 Å². The molecule has 0 bridgehead atoms. The van der Waals surface area contributed by atoms with Crippen LogP contribution in [0.3, 0.4) is 0 Å². The van der Waals surface area contributed by atoms with Gasteiger partial charge < -0.3 is 19.9 Å². The second-order valence-electron chi connectivity index (χ2n) is 4.59. The Balaban J connectivity index is 3.04. The van der Waals surface area contributed by atoms with E-state index in [0.717, 1.165) is 0 Å². The van der Waals surface area contributed by atoms with E-state index in [4.69, 9.17) is 4.74 Å². The molecule has 0 aliphatic rings. The molecular formula is C14H20N2O5. The number of nitrogens with zero attached hydrogens (tertiary/aromatic N) is 1. The number of aliphatic carboxylic acids is 1. The fourth-order valence-corrected chi connectivity index (χ4v) is 1.78. The van der Waals surface area contributed by atoms with Crippen LogP contribution in [0.2, 0.25) is 0 Å². The van der Waals surface area contributed by atoms with Crippen LogP contribution in [0.4, 0.5) is 5.82 Å². The molecule has 0 amide bonds. The third-order valence-corrected chi connectivity index (χ3v) is 3.24. The van der Waals surface area contributed by atoms with Crippen LogP contribution in [0.5, 0.6) is 5.88 Å². The molecule has 0 spiro atoms. The van der Waals surface area contributed by atoms with Crippen molar-refractivity contribution >= 4 is 17.8 Å². The third kappa shape index (κ3) is 4.08. The Morgan fingerprint density at radius 2 is 2.05 bits per heavy atom. The fraction of sp³-hybridized carbons (Fsp3) is 0.500. The maximum atomic E-state index is 11.5. The monoisotopic (exact) mass is 296 g/mol. The van der Waals surface area contributed by atoms with Gasteiger partial charge >= 0.3 is 11.9 Å². The van der Waals surface area contributed by atoms with Crippen LogP contribution in [0.15, 0.2) is 12.1 Å². The summed E-state index contributed by atoms with van der Waals surface area (Å²) in [4.78, 5) is 26.9. The van der Waals surface area contributed by atoms with E-state index in [2.05, 4.69) is 15.0 Å². The molecule has 2 atom stereocenters. The lowest BCUT2D eigenvalue weighted by molar-refractivity contribution is -0.139. The number of carboxylic acid groups (broad SMARTS) is 1. The number of carbonyl (C=O) groups is 2. The number of anilines is 1. The largest absolute Gasteiger partial charge is 0.480 e. The second kappa shape index (κ2) is 7.47. The number of rotatable bonds is 7. The number of hydrogen-bond donors (Lipinski definition) is 2. The Bertz CT molecular complexity index is 518. The van der Waals surface area contributed by atoms with Crippen LogP contribution >= 0.6 is 0 Å². The van der Waals surface area contributed by atoms with E-state index in [1.165, 1.54) is 26.4 Å². The van der Waals surface area contributed by atoms with Crippen molar-refractivity contribution in [3.63, 3.8) is 0 Å². The first-order valence-electron chi connectivity index (χ1n) is 6.57. The lowest BCUT2D eigenvalue weighted by atomic mass is 9.99. The van der Waals surface area contributed by atoms with Crippen molar-refractivity contribution in [2.45, 2.75) is 26.3 Å². The summed E-state index contributed by atoms with van der Waals surface area (Å²) >= 11 is 0. The number of carbonyl (C=O) groups excluding carboxylic acids is 1. The van der Waals surface area contributed by atoms with Crippen molar-refractivity contribution in [2.75, 3.05) is 19.5 Å². The maximum absolute atomic E-state index is 11.5. The number of nitrogens with one attached hydrogen (secondary N) is 1. The van der Waals surface area contributed by atoms with Crippen molar-refractivity contribution in [2.24, 2.45) is 5.92 Å². The summed E-state index contributed by atoms with van der Waals surface area (Å²) in [5.74, 6) is -1.19. The molecule has 0 unspecified atom stereocenters. The normalized spacial score (nSPS) is 13.1. The van der Waals surface area contributed by atoms with Crippen molar-refractivity contribution in [1.82, 2.24) is 4.98 Å². The minimum atomic E-state index is -0.956. The average molecular weight is 296 g/mol. The zero-order chi connectivity index (χ0) is 16.0. The van der Waals surface area contributed by atoms with Gasteiger partial charge in [-0.15, -0.1) is 0 Å². The minimum absolute atomic E-state index is 0.0735. The second-order valence-corrected chi connectivity index (χ2v) is 4.59. The number of hydrogen-bond acceptors (Lipinski definition) is 6. The van der Waals surface area contributed by atoms with Gasteiger partial charge in [0.05, 0.1) is 14.2 Å². The van der Waals surface area contributed by atoms with Gasteiger partial charge in [0.15, 0.2) is 0 Å². The first-order valence-corrected chi connectivity index (χ1v) is 6.57. The van der Waals surface area contributed by atoms with E-state index in [9.17, 15) is 14.7 Å². The molecule has 7 heteroatoms. The van der Waals surface area contributed by atoms with Crippen molar-refractivity contribution in [3.05, 3.63) is 17.7 Å². The van der Waals surface area contributed by atoms with Crippen LogP contribution in [0.25, 0.3) is 0 Å². The minimum Gasteiger partial charge on any atom is -0.480 e. The van der Waals surface area contributed by atoms with E-state index in [-0.39, 0.29) is 17.4 Å². The third-order valence-electron chi connectivity index (χ3n) is 3.24. The predicted octanol–water partition coefficient (Wildman–Crippen LogP) is 1.79. The molecule has 2 N–H and O–H groups in total. The van der Waals surface area contributed by atoms with Crippen LogP contribution in [-0.4, -0.2) is 42.3 Å². The zero-order valence-electron chi connectivity index (χ0n) is 12.5. The van der Waals surface area contributed by atoms with Crippen LogP contribution in [0, 0.1) is 5.92 Å². The summed E-state index contributed by atoms with van der Waals surface area (Å²) in [6.45, 7) is 3.75. The van der Waals surface area contributed by atoms with E-state index in [1.807, 2.05) is 13.8 Å². The Morgan fingerprint density at radius 3 is 2.52 bits per heavy atom. The highest BCUT2D eigenvalue weighted by molar-refractivity contribution is 5.92. The quantitative estimate of drug-likeness (QED) is 0.740. The number of pyridine rings is 1. The predicted molar refractivity (Wildman–Crippen MR) is 76.6 cm³/mol. The molecule has 0 saturated heterocycles. The molecule has 1 heterocycles. The summed E-state index contributed by atoms with van der Waals surface area (Å²) < 4.78 is 9.66. The SMILES string of the molecule is CC[C@H](C)[C@H](Nc1ccc(C(=O)OC)c(OC)n1)C(=O)O. The van der Waals surface area contributed by atoms with E-state index in [0.29, 0.717) is 12.2 Å². The summed E-state index contributed by atoms with van der Waals surface area (Å²) in [6, 6.07) is 2.24. The molecule has 1 rings (SSSR count). The summed E-state index contributed by atoms with van der Waals surface area (Å²) in [5, 5.41) is 12.1. The van der Waals surface area contributed by atoms with Crippen LogP contribution in [0.1, 0.15) is 30.6 Å². The molecule has 0 radical (unpaired) electrons. The molecule has 7 nitrogen and oxygen atoms in total. The molecule has 21 heavy (non-hydrogen) atoms. The fourth-order valence-electron chi connectivity index (χ4n) is 1.78. The molecule has 0 fully saturated rings. The number of carboxylic acids is 1. The van der Waals surface area contributed by atoms with Gasteiger partial charge in [-0.3, -0.25) is 0 Å². The zero-order valence-corrected chi connectivity index (χ0v) is 12.5. The molecular weight excluding hydrogens is 276 g/mol. The van der Waals surface area contributed by atoms with Crippen molar-refractivity contribution in [3.8, 4) is 5.88 Å². The Labute approximate surface area is 123 Å². The number of methoxy groups -OCH3 is 2. The smallest absolute Gasteiger partial charge is 0.343 e. The summed E-state index contributed by atoms with van der Waals surface area (Å²) in [6.07, 6.45) is 0.710. The number of aromatic nitrogens is 1. The first kappa shape index (κ1) is 16.7. The van der Waals surface area contributed by atoms with Gasteiger partial charge in [-0.1, -0.05) is 20.3 Å². The molecule has 1 aromatic rings. The molecule has 116 valence electrons. The van der Waals surface area contributed by atoms with Gasteiger partial charge in [0, 0.05) is 0 Å². The van der Waals surface area contributed by atoms with Gasteiger partial charge in [0.1, 0.15) is 17.4 Å². The van der Waals surface area contributed by atoms with Gasteiger partial charge in [-0.05, 0) is 18.1 Å². The van der Waals surface area contributed by atoms with Gasteiger partial charge in [-0.25, -0.2) is 9.59 Å². The number of esters is 1. The topological polar surface area (TPSA) is 97.8 Å². The number of ether oxygens (including phenoxy) is 2. The molecule has 0 aromatic carbocycles. The maximum Gasteiger partial charge on any atom is 0.343 e. The average Bonchev–Trinajstić information content (AvgIpc) is 2.50. The van der Waals surface area contributed by atoms with Crippen LogP contribution < -0.4 is 10.1 Å². The standard InChI is InChI=1S/C14H20N2O5/c1-5-8(2)11(13(17)18)15-10-7-6-9(14(19)21-4)12(16-10)20-3/h6-8,11H,5H2,1-4H3,(H,15,16)(H,17,18)/t8-,11-/m0/s1.